The van der Waals surface area contributed by atoms with E-state index in [1.54, 1.807) is 0 Å². The maximum atomic E-state index is 12.7. The van der Waals surface area contributed by atoms with E-state index in [0.717, 1.165) is 30.8 Å². The summed E-state index contributed by atoms with van der Waals surface area (Å²) in [6.45, 7) is 6.92. The smallest absolute Gasteiger partial charge is 0.254 e. The minimum atomic E-state index is 0.0921. The summed E-state index contributed by atoms with van der Waals surface area (Å²) in [6.07, 6.45) is 0. The molecular weight excluding hydrogens is 262 g/mol. The molecule has 1 aromatic rings. The summed E-state index contributed by atoms with van der Waals surface area (Å²) in [6, 6.07) is 6.16. The van der Waals surface area contributed by atoms with Crippen LogP contribution in [-0.2, 0) is 0 Å². The first kappa shape index (κ1) is 15.6. The number of rotatable bonds is 1. The minimum Gasteiger partial charge on any atom is -0.336 e. The highest BCUT2D eigenvalue weighted by atomic mass is 16.2. The Hall–Kier alpha value is -1.83. The highest BCUT2D eigenvalue weighted by molar-refractivity contribution is 5.95. The zero-order valence-electron chi connectivity index (χ0n) is 13.0. The molecule has 1 fully saturated rings. The summed E-state index contributed by atoms with van der Waals surface area (Å²) < 4.78 is 0. The summed E-state index contributed by atoms with van der Waals surface area (Å²) in [7, 11) is 2.10. The molecule has 1 amide bonds. The van der Waals surface area contributed by atoms with Crippen LogP contribution in [0.25, 0.3) is 0 Å². The first-order valence-electron chi connectivity index (χ1n) is 7.31. The Morgan fingerprint density at radius 3 is 2.81 bits per heavy atom. The van der Waals surface area contributed by atoms with Gasteiger partial charge in [0.1, 0.15) is 0 Å². The number of hydrogen-bond donors (Lipinski definition) is 1. The largest absolute Gasteiger partial charge is 0.336 e. The van der Waals surface area contributed by atoms with Crippen molar-refractivity contribution in [2.24, 2.45) is 5.73 Å². The Kier molecular flexibility index (Phi) is 5.00. The highest BCUT2D eigenvalue weighted by Gasteiger charge is 2.25. The van der Waals surface area contributed by atoms with Gasteiger partial charge in [0.25, 0.3) is 5.91 Å². The van der Waals surface area contributed by atoms with E-state index in [1.807, 2.05) is 30.0 Å². The van der Waals surface area contributed by atoms with Crippen molar-refractivity contribution in [3.05, 3.63) is 34.9 Å². The van der Waals surface area contributed by atoms with E-state index in [-0.39, 0.29) is 5.91 Å². The van der Waals surface area contributed by atoms with Gasteiger partial charge in [0.15, 0.2) is 0 Å². The van der Waals surface area contributed by atoms with E-state index >= 15 is 0 Å². The van der Waals surface area contributed by atoms with Crippen molar-refractivity contribution in [2.75, 3.05) is 33.2 Å². The number of nitrogens with zero attached hydrogens (tertiary/aromatic N) is 2. The lowest BCUT2D eigenvalue weighted by Crippen LogP contribution is -2.52. The lowest BCUT2D eigenvalue weighted by Gasteiger charge is -2.37. The summed E-state index contributed by atoms with van der Waals surface area (Å²) in [5.41, 5.74) is 8.02. The molecule has 2 rings (SSSR count). The van der Waals surface area contributed by atoms with Crippen LogP contribution in [0.2, 0.25) is 0 Å². The zero-order valence-corrected chi connectivity index (χ0v) is 13.0. The van der Waals surface area contributed by atoms with E-state index in [4.69, 9.17) is 5.73 Å². The van der Waals surface area contributed by atoms with Gasteiger partial charge in [-0.05, 0) is 44.7 Å². The molecule has 21 heavy (non-hydrogen) atoms. The van der Waals surface area contributed by atoms with Crippen LogP contribution in [-0.4, -0.2) is 55.0 Å². The topological polar surface area (TPSA) is 49.6 Å². The van der Waals surface area contributed by atoms with Gasteiger partial charge in [0.2, 0.25) is 0 Å². The fourth-order valence-electron chi connectivity index (χ4n) is 2.55. The summed E-state index contributed by atoms with van der Waals surface area (Å²) in [5.74, 6) is 5.93. The molecule has 1 aliphatic heterocycles. The van der Waals surface area contributed by atoms with Crippen molar-refractivity contribution in [3.8, 4) is 11.8 Å². The number of nitrogens with two attached hydrogens (primary N) is 1. The van der Waals surface area contributed by atoms with Gasteiger partial charge in [-0.3, -0.25) is 4.79 Å². The molecule has 1 heterocycles. The molecule has 1 saturated heterocycles. The van der Waals surface area contributed by atoms with Crippen LogP contribution in [0.4, 0.5) is 0 Å². The van der Waals surface area contributed by atoms with Crippen molar-refractivity contribution >= 4 is 5.91 Å². The molecule has 1 aliphatic rings. The third kappa shape index (κ3) is 3.84. The van der Waals surface area contributed by atoms with Crippen molar-refractivity contribution in [1.29, 1.82) is 0 Å². The molecule has 0 aliphatic carbocycles. The first-order valence-corrected chi connectivity index (χ1v) is 7.31. The fraction of sp³-hybridized carbons (Fsp3) is 0.471. The maximum absolute atomic E-state index is 12.7. The SMILES string of the molecule is Cc1cc(C#CCN)cc(C(=O)N2CCN(C)C(C)C2)c1. The van der Waals surface area contributed by atoms with E-state index in [2.05, 4.69) is 30.7 Å². The normalized spacial score (nSPS) is 19.0. The van der Waals surface area contributed by atoms with Gasteiger partial charge >= 0.3 is 0 Å². The minimum absolute atomic E-state index is 0.0921. The molecule has 1 aromatic carbocycles. The van der Waals surface area contributed by atoms with Crippen LogP contribution in [0, 0.1) is 18.8 Å². The third-order valence-electron chi connectivity index (χ3n) is 3.91. The molecule has 0 aromatic heterocycles. The van der Waals surface area contributed by atoms with Gasteiger partial charge in [-0.15, -0.1) is 0 Å². The van der Waals surface area contributed by atoms with Gasteiger partial charge in [-0.25, -0.2) is 0 Å². The molecule has 4 nitrogen and oxygen atoms in total. The average Bonchev–Trinajstić information content (AvgIpc) is 2.46. The Morgan fingerprint density at radius 1 is 1.38 bits per heavy atom. The van der Waals surface area contributed by atoms with E-state index < -0.39 is 0 Å². The van der Waals surface area contributed by atoms with Gasteiger partial charge < -0.3 is 15.5 Å². The number of benzene rings is 1. The number of amides is 1. The molecule has 0 bridgehead atoms. The van der Waals surface area contributed by atoms with Crippen LogP contribution in [0.1, 0.15) is 28.4 Å². The molecular formula is C17H23N3O. The molecule has 0 saturated carbocycles. The number of likely N-dealkylation sites (N-methyl/N-ethyl adjacent to an activating group) is 1. The lowest BCUT2D eigenvalue weighted by molar-refractivity contribution is 0.0572. The molecule has 1 atom stereocenters. The molecule has 0 radical (unpaired) electrons. The number of carbonyl (C=O) groups is 1. The second-order valence-electron chi connectivity index (χ2n) is 5.67. The summed E-state index contributed by atoms with van der Waals surface area (Å²) in [5, 5.41) is 0. The summed E-state index contributed by atoms with van der Waals surface area (Å²) in [4.78, 5) is 16.9. The zero-order chi connectivity index (χ0) is 15.4. The van der Waals surface area contributed by atoms with Crippen LogP contribution in [0.5, 0.6) is 0 Å². The molecule has 2 N–H and O–H groups in total. The Morgan fingerprint density at radius 2 is 2.14 bits per heavy atom. The number of carbonyl (C=O) groups excluding carboxylic acids is 1. The Balaban J connectivity index is 2.21. The molecule has 4 heteroatoms. The lowest BCUT2D eigenvalue weighted by atomic mass is 10.0. The van der Waals surface area contributed by atoms with Crippen LogP contribution in [0.15, 0.2) is 18.2 Å². The van der Waals surface area contributed by atoms with E-state index in [9.17, 15) is 4.79 Å². The predicted molar refractivity (Wildman–Crippen MR) is 85.1 cm³/mol. The van der Waals surface area contributed by atoms with Crippen molar-refractivity contribution in [1.82, 2.24) is 9.80 Å². The summed E-state index contributed by atoms with van der Waals surface area (Å²) >= 11 is 0. The fourth-order valence-corrected chi connectivity index (χ4v) is 2.55. The van der Waals surface area contributed by atoms with Crippen LogP contribution in [0.3, 0.4) is 0 Å². The van der Waals surface area contributed by atoms with Crippen LogP contribution < -0.4 is 5.73 Å². The predicted octanol–water partition coefficient (Wildman–Crippen LogP) is 1.08. The third-order valence-corrected chi connectivity index (χ3v) is 3.91. The first-order chi connectivity index (χ1) is 10.0. The number of hydrogen-bond acceptors (Lipinski definition) is 3. The standard InChI is InChI=1S/C17H23N3O/c1-13-9-15(5-4-6-18)11-16(10-13)17(21)20-8-7-19(3)14(2)12-20/h9-11,14H,6-8,12,18H2,1-3H3. The van der Waals surface area contributed by atoms with Gasteiger partial charge in [0, 0.05) is 36.8 Å². The molecule has 0 spiro atoms. The Labute approximate surface area is 126 Å². The van der Waals surface area contributed by atoms with Crippen molar-refractivity contribution in [3.63, 3.8) is 0 Å². The van der Waals surface area contributed by atoms with Gasteiger partial charge in [0.05, 0.1) is 6.54 Å². The monoisotopic (exact) mass is 285 g/mol. The molecule has 1 unspecified atom stereocenters. The van der Waals surface area contributed by atoms with Crippen molar-refractivity contribution < 1.29 is 4.79 Å². The average molecular weight is 285 g/mol. The number of piperazine rings is 1. The Bertz CT molecular complexity index is 585. The van der Waals surface area contributed by atoms with Gasteiger partial charge in [-0.1, -0.05) is 11.8 Å². The second kappa shape index (κ2) is 6.75. The molecule has 112 valence electrons. The maximum Gasteiger partial charge on any atom is 0.254 e. The van der Waals surface area contributed by atoms with E-state index in [1.165, 1.54) is 0 Å². The van der Waals surface area contributed by atoms with Gasteiger partial charge in [-0.2, -0.15) is 0 Å². The van der Waals surface area contributed by atoms with E-state index in [0.29, 0.717) is 18.2 Å². The van der Waals surface area contributed by atoms with Crippen LogP contribution >= 0.6 is 0 Å². The van der Waals surface area contributed by atoms with Crippen molar-refractivity contribution in [2.45, 2.75) is 19.9 Å². The highest BCUT2D eigenvalue weighted by Crippen LogP contribution is 2.15. The number of aryl methyl sites for hydroxylation is 1. The quantitative estimate of drug-likeness (QED) is 0.786. The second-order valence-corrected chi connectivity index (χ2v) is 5.67.